The third kappa shape index (κ3) is 5.08. The SMILES string of the molecule is CC(C)CC(N)CCc1cc(F)cc(Br)c1. The van der Waals surface area contributed by atoms with Crippen molar-refractivity contribution >= 4 is 15.9 Å². The lowest BCUT2D eigenvalue weighted by Crippen LogP contribution is -2.22. The van der Waals surface area contributed by atoms with Gasteiger partial charge in [-0.05, 0) is 48.9 Å². The first-order valence-corrected chi connectivity index (χ1v) is 6.47. The van der Waals surface area contributed by atoms with Crippen molar-refractivity contribution in [3.63, 3.8) is 0 Å². The quantitative estimate of drug-likeness (QED) is 0.874. The third-order valence-electron chi connectivity index (χ3n) is 2.50. The Hall–Kier alpha value is -0.410. The smallest absolute Gasteiger partial charge is 0.124 e. The molecule has 0 heterocycles. The van der Waals surface area contributed by atoms with E-state index in [0.29, 0.717) is 5.92 Å². The van der Waals surface area contributed by atoms with Gasteiger partial charge in [0.2, 0.25) is 0 Å². The summed E-state index contributed by atoms with van der Waals surface area (Å²) in [6.07, 6.45) is 2.77. The molecule has 1 unspecified atom stereocenters. The van der Waals surface area contributed by atoms with Crippen molar-refractivity contribution in [2.45, 2.75) is 39.2 Å². The molecule has 0 bridgehead atoms. The molecule has 1 atom stereocenters. The minimum absolute atomic E-state index is 0.193. The molecule has 2 N–H and O–H groups in total. The van der Waals surface area contributed by atoms with Crippen LogP contribution in [-0.2, 0) is 6.42 Å². The molecule has 0 aliphatic rings. The van der Waals surface area contributed by atoms with Gasteiger partial charge in [0.05, 0.1) is 0 Å². The van der Waals surface area contributed by atoms with Gasteiger partial charge in [0.25, 0.3) is 0 Å². The van der Waals surface area contributed by atoms with Gasteiger partial charge in [-0.2, -0.15) is 0 Å². The second-order valence-electron chi connectivity index (χ2n) is 4.71. The average molecular weight is 288 g/mol. The Balaban J connectivity index is 2.48. The molecule has 1 rings (SSSR count). The van der Waals surface area contributed by atoms with E-state index in [-0.39, 0.29) is 11.9 Å². The predicted molar refractivity (Wildman–Crippen MR) is 69.9 cm³/mol. The summed E-state index contributed by atoms with van der Waals surface area (Å²) in [4.78, 5) is 0. The number of hydrogen-bond acceptors (Lipinski definition) is 1. The monoisotopic (exact) mass is 287 g/mol. The zero-order valence-electron chi connectivity index (χ0n) is 9.84. The van der Waals surface area contributed by atoms with Crippen LogP contribution in [0.3, 0.4) is 0 Å². The molecule has 16 heavy (non-hydrogen) atoms. The van der Waals surface area contributed by atoms with E-state index in [1.54, 1.807) is 6.07 Å². The number of aryl methyl sites for hydroxylation is 1. The number of rotatable bonds is 5. The highest BCUT2D eigenvalue weighted by Crippen LogP contribution is 2.17. The van der Waals surface area contributed by atoms with Gasteiger partial charge in [-0.1, -0.05) is 29.8 Å². The summed E-state index contributed by atoms with van der Waals surface area (Å²) in [5, 5.41) is 0. The third-order valence-corrected chi connectivity index (χ3v) is 2.96. The van der Waals surface area contributed by atoms with Gasteiger partial charge in [0.1, 0.15) is 5.82 Å². The van der Waals surface area contributed by atoms with Crippen LogP contribution in [0.4, 0.5) is 4.39 Å². The van der Waals surface area contributed by atoms with E-state index in [0.717, 1.165) is 29.3 Å². The molecule has 3 heteroatoms. The molecular formula is C13H19BrFN. The fourth-order valence-electron chi connectivity index (χ4n) is 1.83. The maximum absolute atomic E-state index is 13.1. The van der Waals surface area contributed by atoms with E-state index in [4.69, 9.17) is 5.73 Å². The molecule has 0 saturated carbocycles. The molecule has 0 aliphatic heterocycles. The fourth-order valence-corrected chi connectivity index (χ4v) is 2.34. The molecule has 90 valence electrons. The highest BCUT2D eigenvalue weighted by molar-refractivity contribution is 9.10. The van der Waals surface area contributed by atoms with Gasteiger partial charge >= 0.3 is 0 Å². The van der Waals surface area contributed by atoms with Crippen molar-refractivity contribution in [1.29, 1.82) is 0 Å². The van der Waals surface area contributed by atoms with Crippen LogP contribution < -0.4 is 5.73 Å². The first kappa shape index (κ1) is 13.7. The lowest BCUT2D eigenvalue weighted by atomic mass is 9.98. The van der Waals surface area contributed by atoms with Crippen molar-refractivity contribution in [3.8, 4) is 0 Å². The molecule has 0 radical (unpaired) electrons. The van der Waals surface area contributed by atoms with Crippen LogP contribution in [0.2, 0.25) is 0 Å². The van der Waals surface area contributed by atoms with E-state index in [1.807, 2.05) is 6.07 Å². The molecule has 1 aromatic carbocycles. The van der Waals surface area contributed by atoms with Crippen LogP contribution in [0.5, 0.6) is 0 Å². The lowest BCUT2D eigenvalue weighted by molar-refractivity contribution is 0.473. The first-order chi connectivity index (χ1) is 7.47. The fraction of sp³-hybridized carbons (Fsp3) is 0.538. The molecule has 0 aliphatic carbocycles. The van der Waals surface area contributed by atoms with Gasteiger partial charge in [-0.3, -0.25) is 0 Å². The molecule has 0 amide bonds. The summed E-state index contributed by atoms with van der Waals surface area (Å²) in [6, 6.07) is 5.21. The number of halogens is 2. The van der Waals surface area contributed by atoms with Crippen molar-refractivity contribution in [2.24, 2.45) is 11.7 Å². The van der Waals surface area contributed by atoms with Crippen LogP contribution in [-0.4, -0.2) is 6.04 Å². The molecule has 0 aromatic heterocycles. The van der Waals surface area contributed by atoms with E-state index in [9.17, 15) is 4.39 Å². The first-order valence-electron chi connectivity index (χ1n) is 5.68. The van der Waals surface area contributed by atoms with Crippen molar-refractivity contribution < 1.29 is 4.39 Å². The Labute approximate surface area is 105 Å². The Morgan fingerprint density at radius 3 is 2.56 bits per heavy atom. The van der Waals surface area contributed by atoms with Gasteiger partial charge in [-0.15, -0.1) is 0 Å². The van der Waals surface area contributed by atoms with Crippen LogP contribution >= 0.6 is 15.9 Å². The summed E-state index contributed by atoms with van der Waals surface area (Å²) < 4.78 is 13.9. The number of benzene rings is 1. The van der Waals surface area contributed by atoms with Crippen LogP contribution in [0.1, 0.15) is 32.3 Å². The summed E-state index contributed by atoms with van der Waals surface area (Å²) >= 11 is 3.29. The second kappa shape index (κ2) is 6.36. The normalized spacial score (nSPS) is 13.1. The van der Waals surface area contributed by atoms with Crippen LogP contribution in [0, 0.1) is 11.7 Å². The summed E-state index contributed by atoms with van der Waals surface area (Å²) in [6.45, 7) is 4.33. The molecule has 1 nitrogen and oxygen atoms in total. The topological polar surface area (TPSA) is 26.0 Å². The second-order valence-corrected chi connectivity index (χ2v) is 5.62. The highest BCUT2D eigenvalue weighted by atomic mass is 79.9. The minimum atomic E-state index is -0.193. The summed E-state index contributed by atoms with van der Waals surface area (Å²) in [7, 11) is 0. The molecule has 0 spiro atoms. The van der Waals surface area contributed by atoms with Crippen molar-refractivity contribution in [2.75, 3.05) is 0 Å². The number of nitrogens with two attached hydrogens (primary N) is 1. The van der Waals surface area contributed by atoms with E-state index < -0.39 is 0 Å². The Bertz CT molecular complexity index is 318. The van der Waals surface area contributed by atoms with E-state index in [1.165, 1.54) is 6.07 Å². The van der Waals surface area contributed by atoms with Gasteiger partial charge in [0, 0.05) is 10.5 Å². The van der Waals surface area contributed by atoms with Gasteiger partial charge < -0.3 is 5.73 Å². The Kier molecular flexibility index (Phi) is 5.42. The van der Waals surface area contributed by atoms with Gasteiger partial charge in [-0.25, -0.2) is 4.39 Å². The predicted octanol–water partition coefficient (Wildman–Crippen LogP) is 3.89. The van der Waals surface area contributed by atoms with Gasteiger partial charge in [0.15, 0.2) is 0 Å². The standard InChI is InChI=1S/C13H19BrFN/c1-9(2)5-13(16)4-3-10-6-11(14)8-12(15)7-10/h6-9,13H,3-5,16H2,1-2H3. The lowest BCUT2D eigenvalue weighted by Gasteiger charge is -2.13. The molecule has 1 aromatic rings. The molecule has 0 saturated heterocycles. The molecular weight excluding hydrogens is 269 g/mol. The van der Waals surface area contributed by atoms with Crippen LogP contribution in [0.25, 0.3) is 0 Å². The molecule has 0 fully saturated rings. The maximum atomic E-state index is 13.1. The van der Waals surface area contributed by atoms with E-state index in [2.05, 4.69) is 29.8 Å². The van der Waals surface area contributed by atoms with Crippen molar-refractivity contribution in [1.82, 2.24) is 0 Å². The Morgan fingerprint density at radius 2 is 2.00 bits per heavy atom. The zero-order chi connectivity index (χ0) is 12.1. The zero-order valence-corrected chi connectivity index (χ0v) is 11.4. The minimum Gasteiger partial charge on any atom is -0.328 e. The largest absolute Gasteiger partial charge is 0.328 e. The van der Waals surface area contributed by atoms with Crippen LogP contribution in [0.15, 0.2) is 22.7 Å². The summed E-state index contributed by atoms with van der Waals surface area (Å²) in [5.41, 5.74) is 7.00. The van der Waals surface area contributed by atoms with E-state index >= 15 is 0 Å². The highest BCUT2D eigenvalue weighted by Gasteiger charge is 2.06. The maximum Gasteiger partial charge on any atom is 0.124 e. The number of hydrogen-bond donors (Lipinski definition) is 1. The van der Waals surface area contributed by atoms with Crippen molar-refractivity contribution in [3.05, 3.63) is 34.1 Å². The summed E-state index contributed by atoms with van der Waals surface area (Å²) in [5.74, 6) is 0.427. The Morgan fingerprint density at radius 1 is 1.31 bits per heavy atom. The average Bonchev–Trinajstić information content (AvgIpc) is 2.12.